The minimum absolute atomic E-state index is 0.126. The molecule has 4 aromatic rings. The molecule has 8 heteroatoms. The maximum absolute atomic E-state index is 12.2. The van der Waals surface area contributed by atoms with Gasteiger partial charge in [-0.15, -0.1) is 0 Å². The van der Waals surface area contributed by atoms with E-state index in [0.717, 1.165) is 33.4 Å². The Bertz CT molecular complexity index is 1400. The van der Waals surface area contributed by atoms with Crippen molar-refractivity contribution in [3.05, 3.63) is 83.4 Å². The number of carbonyl (C=O) groups excluding carboxylic acids is 2. The van der Waals surface area contributed by atoms with Crippen LogP contribution in [-0.2, 0) is 27.4 Å². The molecule has 0 saturated heterocycles. The van der Waals surface area contributed by atoms with Gasteiger partial charge in [-0.2, -0.15) is 4.98 Å². The molecule has 37 heavy (non-hydrogen) atoms. The van der Waals surface area contributed by atoms with Gasteiger partial charge in [-0.25, -0.2) is 0 Å². The van der Waals surface area contributed by atoms with Gasteiger partial charge in [0.1, 0.15) is 0 Å². The normalized spacial score (nSPS) is 10.8. The van der Waals surface area contributed by atoms with Crippen molar-refractivity contribution in [2.24, 2.45) is 0 Å². The summed E-state index contributed by atoms with van der Waals surface area (Å²) in [6.45, 7) is 4.75. The molecule has 0 bridgehead atoms. The Morgan fingerprint density at radius 3 is 2.51 bits per heavy atom. The van der Waals surface area contributed by atoms with Gasteiger partial charge in [-0.1, -0.05) is 53.7 Å². The van der Waals surface area contributed by atoms with Crippen molar-refractivity contribution in [1.82, 2.24) is 20.8 Å². The summed E-state index contributed by atoms with van der Waals surface area (Å²) in [5.41, 5.74) is 6.86. The van der Waals surface area contributed by atoms with Gasteiger partial charge in [-0.05, 0) is 52.9 Å². The molecule has 0 aliphatic carbocycles. The predicted molar refractivity (Wildman–Crippen MR) is 141 cm³/mol. The van der Waals surface area contributed by atoms with Crippen molar-refractivity contribution < 1.29 is 18.8 Å². The van der Waals surface area contributed by atoms with Crippen LogP contribution in [0.25, 0.3) is 34.0 Å². The molecule has 190 valence electrons. The SMILES string of the molecule is COCc1cc(-c2nc(-c3cccc(CC(=O)NCCNC(C)=O)c3)no2)ccc1-c1ccccc1C. The number of nitrogens with one attached hydrogen (secondary N) is 2. The van der Waals surface area contributed by atoms with Crippen LogP contribution in [0.2, 0.25) is 0 Å². The van der Waals surface area contributed by atoms with E-state index in [-0.39, 0.29) is 18.2 Å². The first kappa shape index (κ1) is 25.8. The molecule has 1 heterocycles. The quantitative estimate of drug-likeness (QED) is 0.316. The van der Waals surface area contributed by atoms with Crippen molar-refractivity contribution >= 4 is 11.8 Å². The molecule has 2 N–H and O–H groups in total. The number of nitrogens with zero attached hydrogens (tertiary/aromatic N) is 2. The van der Waals surface area contributed by atoms with Crippen LogP contribution in [0.3, 0.4) is 0 Å². The van der Waals surface area contributed by atoms with Gasteiger partial charge in [0, 0.05) is 38.2 Å². The van der Waals surface area contributed by atoms with Crippen molar-refractivity contribution in [3.8, 4) is 34.0 Å². The Morgan fingerprint density at radius 1 is 0.919 bits per heavy atom. The predicted octanol–water partition coefficient (Wildman–Crippen LogP) is 4.32. The third-order valence-electron chi connectivity index (χ3n) is 5.88. The lowest BCUT2D eigenvalue weighted by Crippen LogP contribution is -2.34. The minimum Gasteiger partial charge on any atom is -0.380 e. The Kier molecular flexibility index (Phi) is 8.43. The summed E-state index contributed by atoms with van der Waals surface area (Å²) in [5.74, 6) is 0.596. The number of rotatable bonds is 10. The second kappa shape index (κ2) is 12.1. The Labute approximate surface area is 216 Å². The van der Waals surface area contributed by atoms with Crippen LogP contribution in [-0.4, -0.2) is 42.2 Å². The van der Waals surface area contributed by atoms with E-state index in [2.05, 4.69) is 45.9 Å². The minimum atomic E-state index is -0.129. The molecule has 4 rings (SSSR count). The van der Waals surface area contributed by atoms with Crippen LogP contribution in [0.1, 0.15) is 23.6 Å². The molecule has 0 fully saturated rings. The van der Waals surface area contributed by atoms with Gasteiger partial charge >= 0.3 is 0 Å². The number of hydrogen-bond acceptors (Lipinski definition) is 6. The molecule has 0 atom stereocenters. The van der Waals surface area contributed by atoms with E-state index < -0.39 is 0 Å². The lowest BCUT2D eigenvalue weighted by atomic mass is 9.94. The first-order valence-corrected chi connectivity index (χ1v) is 12.1. The zero-order valence-electron chi connectivity index (χ0n) is 21.2. The van der Waals surface area contributed by atoms with Gasteiger partial charge in [0.15, 0.2) is 0 Å². The maximum atomic E-state index is 12.2. The van der Waals surface area contributed by atoms with E-state index in [4.69, 9.17) is 9.26 Å². The number of hydrogen-bond donors (Lipinski definition) is 2. The summed E-state index contributed by atoms with van der Waals surface area (Å²) in [5, 5.41) is 9.61. The maximum Gasteiger partial charge on any atom is 0.258 e. The van der Waals surface area contributed by atoms with E-state index in [1.165, 1.54) is 12.5 Å². The molecule has 0 saturated carbocycles. The molecule has 2 amide bonds. The summed E-state index contributed by atoms with van der Waals surface area (Å²) in [6, 6.07) is 21.8. The first-order chi connectivity index (χ1) is 17.9. The van der Waals surface area contributed by atoms with Crippen LogP contribution >= 0.6 is 0 Å². The molecular weight excluding hydrogens is 468 g/mol. The van der Waals surface area contributed by atoms with Gasteiger partial charge in [0.05, 0.1) is 13.0 Å². The highest BCUT2D eigenvalue weighted by Gasteiger charge is 2.15. The van der Waals surface area contributed by atoms with Crippen LogP contribution in [0.15, 0.2) is 71.3 Å². The fraction of sp³-hybridized carbons (Fsp3) is 0.241. The largest absolute Gasteiger partial charge is 0.380 e. The molecule has 0 radical (unpaired) electrons. The second-order valence-corrected chi connectivity index (χ2v) is 8.75. The smallest absolute Gasteiger partial charge is 0.258 e. The Balaban J connectivity index is 1.50. The number of benzene rings is 3. The van der Waals surface area contributed by atoms with E-state index in [1.807, 2.05) is 48.5 Å². The second-order valence-electron chi connectivity index (χ2n) is 8.75. The fourth-order valence-corrected chi connectivity index (χ4v) is 4.11. The van der Waals surface area contributed by atoms with E-state index in [0.29, 0.717) is 31.4 Å². The van der Waals surface area contributed by atoms with Crippen molar-refractivity contribution in [1.29, 1.82) is 0 Å². The summed E-state index contributed by atoms with van der Waals surface area (Å²) >= 11 is 0. The highest BCUT2D eigenvalue weighted by molar-refractivity contribution is 5.79. The van der Waals surface area contributed by atoms with Crippen LogP contribution < -0.4 is 10.6 Å². The van der Waals surface area contributed by atoms with Crippen LogP contribution in [0.4, 0.5) is 0 Å². The molecule has 3 aromatic carbocycles. The number of aryl methyl sites for hydroxylation is 1. The standard InChI is InChI=1S/C29H30N4O4/c1-19-7-4-5-10-25(19)26-12-11-23(17-24(26)18-36-3)29-32-28(33-37-29)22-9-6-8-21(15-22)16-27(35)31-14-13-30-20(2)34/h4-12,15,17H,13-14,16,18H2,1-3H3,(H,30,34)(H,31,35). The third-order valence-corrected chi connectivity index (χ3v) is 5.88. The number of ether oxygens (including phenoxy) is 1. The fourth-order valence-electron chi connectivity index (χ4n) is 4.11. The summed E-state index contributed by atoms with van der Waals surface area (Å²) in [7, 11) is 1.68. The van der Waals surface area contributed by atoms with E-state index in [1.54, 1.807) is 7.11 Å². The topological polar surface area (TPSA) is 106 Å². The Hall–Kier alpha value is -4.30. The lowest BCUT2D eigenvalue weighted by molar-refractivity contribution is -0.121. The van der Waals surface area contributed by atoms with Gasteiger partial charge in [-0.3, -0.25) is 9.59 Å². The zero-order valence-corrected chi connectivity index (χ0v) is 21.2. The lowest BCUT2D eigenvalue weighted by Gasteiger charge is -2.12. The molecule has 1 aromatic heterocycles. The third kappa shape index (κ3) is 6.68. The van der Waals surface area contributed by atoms with Crippen LogP contribution in [0.5, 0.6) is 0 Å². The molecule has 8 nitrogen and oxygen atoms in total. The average Bonchev–Trinajstić information content (AvgIpc) is 3.38. The van der Waals surface area contributed by atoms with Gasteiger partial charge in [0.2, 0.25) is 17.6 Å². The molecule has 0 unspecified atom stereocenters. The molecule has 0 aliphatic rings. The first-order valence-electron chi connectivity index (χ1n) is 12.1. The summed E-state index contributed by atoms with van der Waals surface area (Å²) in [4.78, 5) is 27.8. The number of methoxy groups -OCH3 is 1. The number of carbonyl (C=O) groups is 2. The number of amides is 2. The van der Waals surface area contributed by atoms with E-state index in [9.17, 15) is 9.59 Å². The number of aromatic nitrogens is 2. The van der Waals surface area contributed by atoms with Crippen molar-refractivity contribution in [2.75, 3.05) is 20.2 Å². The Morgan fingerprint density at radius 2 is 1.73 bits per heavy atom. The highest BCUT2D eigenvalue weighted by atomic mass is 16.5. The molecule has 0 spiro atoms. The van der Waals surface area contributed by atoms with Crippen molar-refractivity contribution in [2.45, 2.75) is 26.9 Å². The zero-order chi connectivity index (χ0) is 26.2. The summed E-state index contributed by atoms with van der Waals surface area (Å²) < 4.78 is 11.1. The summed E-state index contributed by atoms with van der Waals surface area (Å²) in [6.07, 6.45) is 0.208. The highest BCUT2D eigenvalue weighted by Crippen LogP contribution is 2.31. The monoisotopic (exact) mass is 498 g/mol. The van der Waals surface area contributed by atoms with Crippen molar-refractivity contribution in [3.63, 3.8) is 0 Å². The van der Waals surface area contributed by atoms with Gasteiger partial charge in [0.25, 0.3) is 5.89 Å². The molecular formula is C29H30N4O4. The van der Waals surface area contributed by atoms with Crippen LogP contribution in [0, 0.1) is 6.92 Å². The average molecular weight is 499 g/mol. The molecule has 0 aliphatic heterocycles. The van der Waals surface area contributed by atoms with E-state index >= 15 is 0 Å². The van der Waals surface area contributed by atoms with Gasteiger partial charge < -0.3 is 19.9 Å².